The first kappa shape index (κ1) is 20.7. The Morgan fingerprint density at radius 3 is 2.58 bits per heavy atom. The summed E-state index contributed by atoms with van der Waals surface area (Å²) < 4.78 is 1.58. The van der Waals surface area contributed by atoms with Gasteiger partial charge in [0.05, 0.1) is 22.3 Å². The lowest BCUT2D eigenvalue weighted by atomic mass is 10.1. The third kappa shape index (κ3) is 4.46. The van der Waals surface area contributed by atoms with Gasteiger partial charge in [0, 0.05) is 18.4 Å². The zero-order valence-corrected chi connectivity index (χ0v) is 18.1. The number of benzene rings is 3. The van der Waals surface area contributed by atoms with Crippen LogP contribution in [0.3, 0.4) is 0 Å². The number of aromatic nitrogens is 2. The molecule has 0 spiro atoms. The van der Waals surface area contributed by atoms with E-state index in [0.717, 1.165) is 11.1 Å². The lowest BCUT2D eigenvalue weighted by Gasteiger charge is -2.10. The van der Waals surface area contributed by atoms with Crippen molar-refractivity contribution in [1.29, 1.82) is 0 Å². The number of nitrogen functional groups attached to an aromatic ring is 1. The minimum Gasteiger partial charge on any atom is -0.397 e. The molecule has 7 heteroatoms. The third-order valence-corrected chi connectivity index (χ3v) is 6.08. The second-order valence-corrected chi connectivity index (χ2v) is 8.25. The summed E-state index contributed by atoms with van der Waals surface area (Å²) in [6.07, 6.45) is 0. The van der Waals surface area contributed by atoms with Crippen LogP contribution in [0.15, 0.2) is 76.7 Å². The Hall–Kier alpha value is -3.58. The van der Waals surface area contributed by atoms with E-state index in [2.05, 4.69) is 10.3 Å². The minimum absolute atomic E-state index is 0.0524. The molecule has 4 aromatic rings. The van der Waals surface area contributed by atoms with Crippen LogP contribution in [0.2, 0.25) is 0 Å². The summed E-state index contributed by atoms with van der Waals surface area (Å²) in [7, 11) is 1.74. The number of nitrogens with zero attached hydrogens (tertiary/aromatic N) is 2. The van der Waals surface area contributed by atoms with E-state index < -0.39 is 0 Å². The first-order valence-corrected chi connectivity index (χ1v) is 10.8. The highest BCUT2D eigenvalue weighted by molar-refractivity contribution is 7.98. The van der Waals surface area contributed by atoms with E-state index in [-0.39, 0.29) is 11.5 Å². The van der Waals surface area contributed by atoms with Crippen molar-refractivity contribution in [3.8, 4) is 0 Å². The number of aryl methyl sites for hydroxylation is 1. The Morgan fingerprint density at radius 1 is 1.10 bits per heavy atom. The van der Waals surface area contributed by atoms with Gasteiger partial charge in [-0.25, -0.2) is 4.98 Å². The quantitative estimate of drug-likeness (QED) is 0.279. The molecule has 1 heterocycles. The van der Waals surface area contributed by atoms with Gasteiger partial charge in [0.2, 0.25) is 0 Å². The van der Waals surface area contributed by atoms with Crippen LogP contribution in [-0.4, -0.2) is 15.5 Å². The molecule has 0 unspecified atom stereocenters. The predicted molar refractivity (Wildman–Crippen MR) is 127 cm³/mol. The number of amides is 1. The van der Waals surface area contributed by atoms with Crippen molar-refractivity contribution < 1.29 is 4.79 Å². The molecule has 31 heavy (non-hydrogen) atoms. The molecule has 0 radical (unpaired) electrons. The van der Waals surface area contributed by atoms with Crippen LogP contribution >= 0.6 is 11.8 Å². The van der Waals surface area contributed by atoms with Gasteiger partial charge in [0.15, 0.2) is 5.16 Å². The molecule has 1 aromatic heterocycles. The van der Waals surface area contributed by atoms with Crippen molar-refractivity contribution in [1.82, 2.24) is 9.55 Å². The highest BCUT2D eigenvalue weighted by atomic mass is 32.2. The fourth-order valence-corrected chi connectivity index (χ4v) is 4.13. The molecule has 0 aliphatic rings. The van der Waals surface area contributed by atoms with Crippen molar-refractivity contribution in [3.63, 3.8) is 0 Å². The summed E-state index contributed by atoms with van der Waals surface area (Å²) in [4.78, 5) is 29.8. The molecule has 0 saturated carbocycles. The van der Waals surface area contributed by atoms with E-state index in [4.69, 9.17) is 5.73 Å². The number of thioether (sulfide) groups is 1. The van der Waals surface area contributed by atoms with E-state index in [1.165, 1.54) is 11.8 Å². The second-order valence-electron chi connectivity index (χ2n) is 7.31. The Kier molecular flexibility index (Phi) is 5.77. The Morgan fingerprint density at radius 2 is 1.84 bits per heavy atom. The average Bonchev–Trinajstić information content (AvgIpc) is 2.77. The van der Waals surface area contributed by atoms with Crippen molar-refractivity contribution in [3.05, 3.63) is 93.8 Å². The summed E-state index contributed by atoms with van der Waals surface area (Å²) in [6, 6.07) is 20.2. The monoisotopic (exact) mass is 430 g/mol. The predicted octanol–water partition coefficient (Wildman–Crippen LogP) is 4.37. The molecule has 0 atom stereocenters. The topological polar surface area (TPSA) is 90.0 Å². The summed E-state index contributed by atoms with van der Waals surface area (Å²) in [5.41, 5.74) is 10.2. The number of carbonyl (C=O) groups excluding carboxylic acids is 1. The maximum atomic E-state index is 12.7. The molecule has 0 bridgehead atoms. The molecule has 4 rings (SSSR count). The van der Waals surface area contributed by atoms with Gasteiger partial charge in [0.25, 0.3) is 11.5 Å². The van der Waals surface area contributed by atoms with Crippen LogP contribution in [0.5, 0.6) is 0 Å². The largest absolute Gasteiger partial charge is 0.397 e. The van der Waals surface area contributed by atoms with E-state index in [9.17, 15) is 9.59 Å². The van der Waals surface area contributed by atoms with E-state index in [0.29, 0.717) is 38.8 Å². The van der Waals surface area contributed by atoms with Crippen molar-refractivity contribution in [2.24, 2.45) is 7.05 Å². The zero-order chi connectivity index (χ0) is 22.0. The summed E-state index contributed by atoms with van der Waals surface area (Å²) >= 11 is 1.49. The Labute approximate surface area is 184 Å². The minimum atomic E-state index is -0.217. The highest BCUT2D eigenvalue weighted by Crippen LogP contribution is 2.23. The number of rotatable bonds is 5. The molecule has 3 N–H and O–H groups in total. The van der Waals surface area contributed by atoms with Gasteiger partial charge in [-0.1, -0.05) is 47.7 Å². The third-order valence-electron chi connectivity index (χ3n) is 4.98. The fraction of sp³-hybridized carbons (Fsp3) is 0.125. The van der Waals surface area contributed by atoms with Crippen LogP contribution in [0.25, 0.3) is 10.9 Å². The van der Waals surface area contributed by atoms with Gasteiger partial charge in [-0.3, -0.25) is 14.2 Å². The van der Waals surface area contributed by atoms with Gasteiger partial charge in [-0.15, -0.1) is 0 Å². The average molecular weight is 431 g/mol. The van der Waals surface area contributed by atoms with Gasteiger partial charge in [-0.05, 0) is 48.9 Å². The Balaban J connectivity index is 1.47. The summed E-state index contributed by atoms with van der Waals surface area (Å²) in [5.74, 6) is 0.413. The van der Waals surface area contributed by atoms with Crippen LogP contribution in [0.4, 0.5) is 11.4 Å². The highest BCUT2D eigenvalue weighted by Gasteiger charge is 2.11. The molecule has 6 nitrogen and oxygen atoms in total. The number of nitrogens with one attached hydrogen (secondary N) is 1. The number of carbonyl (C=O) groups is 1. The number of nitrogens with two attached hydrogens (primary N) is 1. The first-order chi connectivity index (χ1) is 14.9. The molecule has 0 saturated heterocycles. The van der Waals surface area contributed by atoms with Gasteiger partial charge in [0.1, 0.15) is 0 Å². The van der Waals surface area contributed by atoms with Gasteiger partial charge < -0.3 is 11.1 Å². The molecular formula is C24H22N4O2S. The van der Waals surface area contributed by atoms with E-state index >= 15 is 0 Å². The van der Waals surface area contributed by atoms with Gasteiger partial charge in [-0.2, -0.15) is 0 Å². The number of hydrogen-bond donors (Lipinski definition) is 2. The van der Waals surface area contributed by atoms with E-state index in [1.807, 2.05) is 49.4 Å². The lowest BCUT2D eigenvalue weighted by molar-refractivity contribution is 0.102. The maximum Gasteiger partial charge on any atom is 0.261 e. The fourth-order valence-electron chi connectivity index (χ4n) is 3.20. The maximum absolute atomic E-state index is 12.7. The first-order valence-electron chi connectivity index (χ1n) is 9.77. The van der Waals surface area contributed by atoms with Gasteiger partial charge >= 0.3 is 0 Å². The number of para-hydroxylation sites is 2. The molecule has 156 valence electrons. The zero-order valence-electron chi connectivity index (χ0n) is 17.3. The van der Waals surface area contributed by atoms with Crippen molar-refractivity contribution >= 4 is 39.9 Å². The van der Waals surface area contributed by atoms with Crippen LogP contribution in [-0.2, 0) is 12.8 Å². The molecule has 0 aliphatic heterocycles. The normalized spacial score (nSPS) is 10.9. The SMILES string of the molecule is Cc1ccc2nc(SCc3ccc(C(=O)Nc4ccccc4N)cc3)n(C)c(=O)c2c1. The summed E-state index contributed by atoms with van der Waals surface area (Å²) in [6.45, 7) is 1.96. The standard InChI is InChI=1S/C24H22N4O2S/c1-15-7-12-20-18(13-15)23(30)28(2)24(27-20)31-14-16-8-10-17(11-9-16)22(29)26-21-6-4-3-5-19(21)25/h3-13H,14,25H2,1-2H3,(H,26,29). The van der Waals surface area contributed by atoms with Crippen molar-refractivity contribution in [2.75, 3.05) is 11.1 Å². The second kappa shape index (κ2) is 8.65. The van der Waals surface area contributed by atoms with E-state index in [1.54, 1.807) is 35.9 Å². The van der Waals surface area contributed by atoms with Crippen LogP contribution in [0, 0.1) is 6.92 Å². The number of hydrogen-bond acceptors (Lipinski definition) is 5. The summed E-state index contributed by atoms with van der Waals surface area (Å²) in [5, 5.41) is 4.10. The number of anilines is 2. The van der Waals surface area contributed by atoms with Crippen molar-refractivity contribution in [2.45, 2.75) is 17.8 Å². The van der Waals surface area contributed by atoms with Crippen LogP contribution in [0.1, 0.15) is 21.5 Å². The smallest absolute Gasteiger partial charge is 0.261 e. The molecule has 0 aliphatic carbocycles. The van der Waals surface area contributed by atoms with Crippen LogP contribution < -0.4 is 16.6 Å². The molecule has 3 aromatic carbocycles. The lowest BCUT2D eigenvalue weighted by Crippen LogP contribution is -2.20. The molecular weight excluding hydrogens is 408 g/mol. The number of fused-ring (bicyclic) bond motifs is 1. The molecule has 0 fully saturated rings. The molecule has 1 amide bonds. The Bertz CT molecular complexity index is 1330.